The van der Waals surface area contributed by atoms with Crippen LogP contribution >= 0.6 is 0 Å². The molecule has 0 bridgehead atoms. The van der Waals surface area contributed by atoms with Crippen molar-refractivity contribution >= 4 is 47.5 Å². The lowest BCUT2D eigenvalue weighted by molar-refractivity contribution is -0.886. The molecule has 0 heterocycles. The number of quaternary nitrogens is 1. The Morgan fingerprint density at radius 1 is 0.765 bits per heavy atom. The van der Waals surface area contributed by atoms with E-state index in [4.69, 9.17) is 28.0 Å². The van der Waals surface area contributed by atoms with Crippen molar-refractivity contribution in [3.8, 4) is 0 Å². The molecule has 4 amide bonds. The number of rotatable bonds is 23. The molecule has 14 N–H and O–H groups in total. The fraction of sp³-hybridized carbons (Fsp3) is 0.742. The first-order valence-corrected chi connectivity index (χ1v) is 16.6. The number of carbonyl (C=O) groups excluding carboxylic acids is 4. The number of hydrogen-bond donors (Lipinski definition) is 10. The van der Waals surface area contributed by atoms with E-state index in [9.17, 15) is 39.0 Å². The van der Waals surface area contributed by atoms with Gasteiger partial charge >= 0.3 is 11.9 Å². The highest BCUT2D eigenvalue weighted by Crippen LogP contribution is 2.15. The second-order valence-corrected chi connectivity index (χ2v) is 14.0. The highest BCUT2D eigenvalue weighted by Gasteiger charge is 2.38. The number of aliphatic imine (C=N–C) groups is 2. The maximum Gasteiger partial charge on any atom is 0.326 e. The number of carboxylic acids is 2. The molecule has 0 aromatic carbocycles. The molecule has 6 atom stereocenters. The van der Waals surface area contributed by atoms with Gasteiger partial charge in [0.1, 0.15) is 24.2 Å². The van der Waals surface area contributed by atoms with Crippen LogP contribution in [-0.4, -0.2) is 150 Å². The molecule has 0 rings (SSSR count). The van der Waals surface area contributed by atoms with Crippen molar-refractivity contribution in [1.29, 1.82) is 0 Å². The van der Waals surface area contributed by atoms with Crippen molar-refractivity contribution in [3.05, 3.63) is 0 Å². The Morgan fingerprint density at radius 2 is 1.25 bits per heavy atom. The standard InChI is InChI=1S/C31H59N11O9/c1-16(2)23(40-27(48)24(17(3)4)39-25(46)21(42(6,7)8)10-9-13-36-30(32)33)26(47)38-19(14-18(43)15-37-31(34)35)28(49)41(5)20(29(50)51)11-12-22(44)45/h16-21,23-24,43H,9-15H2,1-8H3,(H12-,32,33,34,35,36,37,38,39,40,44,45,46,47,48,50,51)/p+1/t18?,19-,20-,21-,23-,24-/m0/s1. The van der Waals surface area contributed by atoms with Gasteiger partial charge in [0.05, 0.1) is 33.8 Å². The summed E-state index contributed by atoms with van der Waals surface area (Å²) in [5.41, 5.74) is 21.5. The van der Waals surface area contributed by atoms with Crippen molar-refractivity contribution < 1.29 is 48.6 Å². The number of nitrogens with one attached hydrogen (secondary N) is 3. The molecule has 0 radical (unpaired) electrons. The van der Waals surface area contributed by atoms with Crippen LogP contribution in [0, 0.1) is 11.8 Å². The second kappa shape index (κ2) is 21.5. The van der Waals surface area contributed by atoms with Gasteiger partial charge in [-0.25, -0.2) is 4.79 Å². The second-order valence-electron chi connectivity index (χ2n) is 14.0. The monoisotopic (exact) mass is 730 g/mol. The molecule has 0 aliphatic heterocycles. The van der Waals surface area contributed by atoms with E-state index < -0.39 is 103 Å². The molecular formula is C31H60N11O9+. The van der Waals surface area contributed by atoms with Crippen molar-refractivity contribution in [2.24, 2.45) is 44.8 Å². The third kappa shape index (κ3) is 17.2. The van der Waals surface area contributed by atoms with Crippen molar-refractivity contribution in [1.82, 2.24) is 20.9 Å². The first-order valence-electron chi connectivity index (χ1n) is 16.6. The zero-order valence-electron chi connectivity index (χ0n) is 31.0. The molecule has 51 heavy (non-hydrogen) atoms. The highest BCUT2D eigenvalue weighted by atomic mass is 16.4. The average molecular weight is 731 g/mol. The largest absolute Gasteiger partial charge is 0.481 e. The van der Waals surface area contributed by atoms with Crippen LogP contribution in [0.2, 0.25) is 0 Å². The van der Waals surface area contributed by atoms with E-state index in [0.29, 0.717) is 19.4 Å². The van der Waals surface area contributed by atoms with E-state index in [0.717, 1.165) is 11.9 Å². The molecule has 0 saturated carbocycles. The number of aliphatic hydroxyl groups excluding tert-OH is 1. The Balaban J connectivity index is 6.28. The zero-order valence-corrected chi connectivity index (χ0v) is 31.0. The van der Waals surface area contributed by atoms with Gasteiger partial charge in [-0.3, -0.25) is 34.0 Å². The molecule has 1 unspecified atom stereocenters. The fourth-order valence-electron chi connectivity index (χ4n) is 5.11. The summed E-state index contributed by atoms with van der Waals surface area (Å²) >= 11 is 0. The van der Waals surface area contributed by atoms with E-state index in [1.807, 2.05) is 21.1 Å². The van der Waals surface area contributed by atoms with Crippen LogP contribution in [-0.2, 0) is 28.8 Å². The van der Waals surface area contributed by atoms with Gasteiger partial charge in [-0.15, -0.1) is 0 Å². The van der Waals surface area contributed by atoms with Gasteiger partial charge in [0.2, 0.25) is 17.7 Å². The van der Waals surface area contributed by atoms with Crippen LogP contribution in [0.4, 0.5) is 0 Å². The number of hydrogen-bond acceptors (Lipinski definition) is 9. The van der Waals surface area contributed by atoms with E-state index in [-0.39, 0.29) is 22.9 Å². The van der Waals surface area contributed by atoms with Crippen LogP contribution in [0.5, 0.6) is 0 Å². The number of nitrogens with two attached hydrogens (primary N) is 4. The van der Waals surface area contributed by atoms with Gasteiger partial charge < -0.3 is 63.6 Å². The van der Waals surface area contributed by atoms with Crippen molar-refractivity contribution in [2.45, 2.75) is 96.1 Å². The summed E-state index contributed by atoms with van der Waals surface area (Å²) in [6, 6.07) is -5.99. The van der Waals surface area contributed by atoms with Gasteiger partial charge in [0, 0.05) is 32.9 Å². The first-order chi connectivity index (χ1) is 23.4. The first kappa shape index (κ1) is 46.3. The zero-order chi connectivity index (χ0) is 39.8. The van der Waals surface area contributed by atoms with Crippen LogP contribution < -0.4 is 38.9 Å². The number of guanidine groups is 2. The minimum atomic E-state index is -1.57. The quantitative estimate of drug-likeness (QED) is 0.0213. The van der Waals surface area contributed by atoms with Crippen LogP contribution in [0.25, 0.3) is 0 Å². The normalized spacial score (nSPS) is 15.0. The van der Waals surface area contributed by atoms with Gasteiger partial charge in [0.25, 0.3) is 5.91 Å². The van der Waals surface area contributed by atoms with Crippen LogP contribution in [0.3, 0.4) is 0 Å². The number of likely N-dealkylation sites (N-methyl/N-ethyl adjacent to an activating group) is 2. The highest BCUT2D eigenvalue weighted by molar-refractivity contribution is 5.95. The van der Waals surface area contributed by atoms with Gasteiger partial charge in [-0.1, -0.05) is 27.7 Å². The minimum absolute atomic E-state index is 0.0634. The summed E-state index contributed by atoms with van der Waals surface area (Å²) in [6.45, 7) is 6.69. The molecule has 0 saturated heterocycles. The summed E-state index contributed by atoms with van der Waals surface area (Å²) in [4.78, 5) is 86.0. The number of aliphatic carboxylic acids is 2. The molecular weight excluding hydrogens is 670 g/mol. The lowest BCUT2D eigenvalue weighted by Gasteiger charge is -2.35. The Labute approximate surface area is 299 Å². The number of carboxylic acid groups (broad SMARTS) is 2. The average Bonchev–Trinajstić information content (AvgIpc) is 2.98. The molecule has 20 heteroatoms. The van der Waals surface area contributed by atoms with E-state index in [2.05, 4.69) is 25.9 Å². The topological polar surface area (TPSA) is 331 Å². The summed E-state index contributed by atoms with van der Waals surface area (Å²) in [5, 5.41) is 37.3. The van der Waals surface area contributed by atoms with Crippen LogP contribution in [0.1, 0.15) is 59.8 Å². The van der Waals surface area contributed by atoms with Gasteiger partial charge in [-0.05, 0) is 24.7 Å². The van der Waals surface area contributed by atoms with E-state index >= 15 is 0 Å². The summed E-state index contributed by atoms with van der Waals surface area (Å²) < 4.78 is 0.245. The predicted molar refractivity (Wildman–Crippen MR) is 190 cm³/mol. The predicted octanol–water partition coefficient (Wildman–Crippen LogP) is -3.32. The number of carbonyl (C=O) groups is 6. The molecule has 0 spiro atoms. The van der Waals surface area contributed by atoms with Crippen molar-refractivity contribution in [2.75, 3.05) is 41.3 Å². The number of aliphatic hydroxyl groups is 1. The van der Waals surface area contributed by atoms with Gasteiger partial charge in [-0.2, -0.15) is 0 Å². The summed E-state index contributed by atoms with van der Waals surface area (Å²) in [6.07, 6.45) is -1.91. The van der Waals surface area contributed by atoms with Crippen molar-refractivity contribution in [3.63, 3.8) is 0 Å². The Bertz CT molecular complexity index is 1260. The molecule has 20 nitrogen and oxygen atoms in total. The summed E-state index contributed by atoms with van der Waals surface area (Å²) in [5.74, 6) is -6.97. The Morgan fingerprint density at radius 3 is 1.69 bits per heavy atom. The molecule has 0 aliphatic rings. The molecule has 0 fully saturated rings. The van der Waals surface area contributed by atoms with E-state index in [1.165, 1.54) is 0 Å². The number of amides is 4. The molecule has 292 valence electrons. The molecule has 0 aromatic heterocycles. The SMILES string of the molecule is CC(C)[C@H](NC(=O)[C@@H](NC(=O)[C@H](CCCN=C(N)N)[N+](C)(C)C)C(C)C)C(=O)N[C@@H](CC(O)CN=C(N)N)C(=O)N(C)[C@@H](CCC(=O)O)C(=O)O. The van der Waals surface area contributed by atoms with Crippen LogP contribution in [0.15, 0.2) is 9.98 Å². The maximum absolute atomic E-state index is 13.7. The minimum Gasteiger partial charge on any atom is -0.481 e. The molecule has 0 aromatic rings. The Hall–Kier alpha value is -4.72. The van der Waals surface area contributed by atoms with E-state index in [1.54, 1.807) is 27.7 Å². The third-order valence-electron chi connectivity index (χ3n) is 8.00. The number of nitrogens with zero attached hydrogens (tertiary/aromatic N) is 4. The fourth-order valence-corrected chi connectivity index (χ4v) is 5.11. The lowest BCUT2D eigenvalue weighted by Crippen LogP contribution is -2.62. The molecule has 0 aliphatic carbocycles. The smallest absolute Gasteiger partial charge is 0.326 e. The Kier molecular flexibility index (Phi) is 19.5. The third-order valence-corrected chi connectivity index (χ3v) is 8.00. The van der Waals surface area contributed by atoms with Gasteiger partial charge in [0.15, 0.2) is 18.0 Å². The summed E-state index contributed by atoms with van der Waals surface area (Å²) in [7, 11) is 6.64. The maximum atomic E-state index is 13.7. The lowest BCUT2D eigenvalue weighted by atomic mass is 9.98.